The molecule has 0 bridgehead atoms. The molecule has 0 saturated carbocycles. The van der Waals surface area contributed by atoms with Crippen LogP contribution >= 0.6 is 0 Å². The van der Waals surface area contributed by atoms with Crippen molar-refractivity contribution in [1.29, 1.82) is 0 Å². The van der Waals surface area contributed by atoms with Crippen molar-refractivity contribution in [2.24, 2.45) is 7.05 Å². The molecule has 1 atom stereocenters. The summed E-state index contributed by atoms with van der Waals surface area (Å²) in [6.07, 6.45) is 7.73. The van der Waals surface area contributed by atoms with Gasteiger partial charge in [-0.1, -0.05) is 20.8 Å². The van der Waals surface area contributed by atoms with Gasteiger partial charge in [-0.15, -0.1) is 0 Å². The van der Waals surface area contributed by atoms with Crippen LogP contribution in [0.4, 0.5) is 0 Å². The molecule has 1 aliphatic heterocycles. The molecule has 0 aromatic carbocycles. The van der Waals surface area contributed by atoms with Gasteiger partial charge in [0.2, 0.25) is 0 Å². The van der Waals surface area contributed by atoms with Crippen LogP contribution in [0.2, 0.25) is 0 Å². The molecular weight excluding hydrogens is 236 g/mol. The Bertz CT molecular complexity index is 395. The zero-order valence-corrected chi connectivity index (χ0v) is 12.8. The smallest absolute Gasteiger partial charge is 0.0534 e. The Kier molecular flexibility index (Phi) is 4.63. The molecule has 108 valence electrons. The maximum atomic E-state index is 4.28. The molecule has 1 N–H and O–H groups in total. The standard InChI is InChI=1S/C15H28N4/c1-5-14-9-16-15(6-2,7-3)12-19(14)11-13-8-17-18(4)10-13/h8,10,14,16H,5-7,9,11-12H2,1-4H3. The molecule has 0 amide bonds. The number of piperazine rings is 1. The first-order valence-corrected chi connectivity index (χ1v) is 7.59. The summed E-state index contributed by atoms with van der Waals surface area (Å²) in [5, 5.41) is 8.08. The van der Waals surface area contributed by atoms with Crippen LogP contribution in [0.25, 0.3) is 0 Å². The van der Waals surface area contributed by atoms with E-state index in [9.17, 15) is 0 Å². The minimum atomic E-state index is 0.299. The summed E-state index contributed by atoms with van der Waals surface area (Å²) in [4.78, 5) is 2.64. The summed E-state index contributed by atoms with van der Waals surface area (Å²) in [5.74, 6) is 0. The number of aryl methyl sites for hydroxylation is 1. The average molecular weight is 264 g/mol. The van der Waals surface area contributed by atoms with Crippen molar-refractivity contribution >= 4 is 0 Å². The second kappa shape index (κ2) is 6.06. The lowest BCUT2D eigenvalue weighted by Gasteiger charge is -2.47. The molecule has 4 heteroatoms. The molecule has 1 aromatic heterocycles. The first-order valence-electron chi connectivity index (χ1n) is 7.59. The number of hydrogen-bond acceptors (Lipinski definition) is 3. The van der Waals surface area contributed by atoms with Gasteiger partial charge in [-0.3, -0.25) is 9.58 Å². The van der Waals surface area contributed by atoms with Gasteiger partial charge in [0.05, 0.1) is 6.20 Å². The zero-order valence-electron chi connectivity index (χ0n) is 12.8. The van der Waals surface area contributed by atoms with Gasteiger partial charge in [0, 0.05) is 50.0 Å². The number of rotatable bonds is 5. The van der Waals surface area contributed by atoms with Crippen LogP contribution in [0.5, 0.6) is 0 Å². The molecule has 0 radical (unpaired) electrons. The Morgan fingerprint density at radius 2 is 2.11 bits per heavy atom. The van der Waals surface area contributed by atoms with Gasteiger partial charge in [0.1, 0.15) is 0 Å². The van der Waals surface area contributed by atoms with Crippen LogP contribution in [-0.2, 0) is 13.6 Å². The molecular formula is C15H28N4. The van der Waals surface area contributed by atoms with E-state index in [1.165, 1.54) is 24.8 Å². The van der Waals surface area contributed by atoms with Crippen molar-refractivity contribution in [2.75, 3.05) is 13.1 Å². The lowest BCUT2D eigenvalue weighted by molar-refractivity contribution is 0.0643. The summed E-state index contributed by atoms with van der Waals surface area (Å²) in [6.45, 7) is 10.2. The minimum Gasteiger partial charge on any atom is -0.308 e. The van der Waals surface area contributed by atoms with Crippen molar-refractivity contribution < 1.29 is 0 Å². The number of hydrogen-bond donors (Lipinski definition) is 1. The van der Waals surface area contributed by atoms with Gasteiger partial charge in [-0.25, -0.2) is 0 Å². The van der Waals surface area contributed by atoms with E-state index in [1.54, 1.807) is 0 Å². The van der Waals surface area contributed by atoms with Gasteiger partial charge in [-0.05, 0) is 19.3 Å². The van der Waals surface area contributed by atoms with Crippen LogP contribution in [0.1, 0.15) is 45.6 Å². The normalized spacial score (nSPS) is 23.7. The Balaban J connectivity index is 2.09. The maximum Gasteiger partial charge on any atom is 0.0534 e. The number of nitrogens with zero attached hydrogens (tertiary/aromatic N) is 3. The first kappa shape index (κ1) is 14.5. The molecule has 1 saturated heterocycles. The molecule has 19 heavy (non-hydrogen) atoms. The highest BCUT2D eigenvalue weighted by molar-refractivity contribution is 5.06. The Hall–Kier alpha value is -0.870. The fraction of sp³-hybridized carbons (Fsp3) is 0.800. The van der Waals surface area contributed by atoms with E-state index in [0.29, 0.717) is 11.6 Å². The van der Waals surface area contributed by atoms with E-state index in [0.717, 1.165) is 19.6 Å². The van der Waals surface area contributed by atoms with Gasteiger partial charge < -0.3 is 5.32 Å². The predicted molar refractivity (Wildman–Crippen MR) is 79.0 cm³/mol. The van der Waals surface area contributed by atoms with E-state index in [-0.39, 0.29) is 0 Å². The maximum absolute atomic E-state index is 4.28. The summed E-state index contributed by atoms with van der Waals surface area (Å²) < 4.78 is 1.89. The molecule has 1 aromatic rings. The highest BCUT2D eigenvalue weighted by Gasteiger charge is 2.35. The van der Waals surface area contributed by atoms with E-state index in [2.05, 4.69) is 42.3 Å². The minimum absolute atomic E-state index is 0.299. The third-order valence-electron chi connectivity index (χ3n) is 4.70. The Morgan fingerprint density at radius 1 is 1.37 bits per heavy atom. The van der Waals surface area contributed by atoms with Crippen LogP contribution in [0, 0.1) is 0 Å². The van der Waals surface area contributed by atoms with Gasteiger partial charge in [0.15, 0.2) is 0 Å². The fourth-order valence-corrected chi connectivity index (χ4v) is 3.14. The first-order chi connectivity index (χ1) is 9.12. The van der Waals surface area contributed by atoms with Crippen LogP contribution in [0.15, 0.2) is 12.4 Å². The third kappa shape index (κ3) is 3.18. The second-order valence-electron chi connectivity index (χ2n) is 5.86. The topological polar surface area (TPSA) is 33.1 Å². The van der Waals surface area contributed by atoms with Gasteiger partial charge in [-0.2, -0.15) is 5.10 Å². The van der Waals surface area contributed by atoms with Crippen molar-refractivity contribution in [1.82, 2.24) is 20.0 Å². The molecule has 0 spiro atoms. The van der Waals surface area contributed by atoms with Crippen molar-refractivity contribution in [3.63, 3.8) is 0 Å². The highest BCUT2D eigenvalue weighted by atomic mass is 15.3. The number of nitrogens with one attached hydrogen (secondary N) is 1. The molecule has 2 heterocycles. The van der Waals surface area contributed by atoms with E-state index in [1.807, 2.05) is 17.9 Å². The molecule has 2 rings (SSSR count). The molecule has 1 fully saturated rings. The molecule has 0 aliphatic carbocycles. The Labute approximate surface area is 117 Å². The molecule has 1 unspecified atom stereocenters. The van der Waals surface area contributed by atoms with Crippen LogP contribution in [-0.4, -0.2) is 39.4 Å². The van der Waals surface area contributed by atoms with Crippen LogP contribution in [0.3, 0.4) is 0 Å². The summed E-state index contributed by atoms with van der Waals surface area (Å²) in [6, 6.07) is 0.645. The third-order valence-corrected chi connectivity index (χ3v) is 4.70. The Morgan fingerprint density at radius 3 is 2.63 bits per heavy atom. The van der Waals surface area contributed by atoms with Gasteiger partial charge >= 0.3 is 0 Å². The van der Waals surface area contributed by atoms with Crippen molar-refractivity contribution in [3.8, 4) is 0 Å². The van der Waals surface area contributed by atoms with E-state index >= 15 is 0 Å². The predicted octanol–water partition coefficient (Wildman–Crippen LogP) is 2.16. The number of aromatic nitrogens is 2. The van der Waals surface area contributed by atoms with Gasteiger partial charge in [0.25, 0.3) is 0 Å². The van der Waals surface area contributed by atoms with Crippen molar-refractivity contribution in [3.05, 3.63) is 18.0 Å². The van der Waals surface area contributed by atoms with Crippen molar-refractivity contribution in [2.45, 2.75) is 58.2 Å². The highest BCUT2D eigenvalue weighted by Crippen LogP contribution is 2.25. The summed E-state index contributed by atoms with van der Waals surface area (Å²) in [7, 11) is 1.99. The SMILES string of the molecule is CCC1CNC(CC)(CC)CN1Cc1cnn(C)c1. The average Bonchev–Trinajstić information content (AvgIpc) is 2.84. The fourth-order valence-electron chi connectivity index (χ4n) is 3.14. The monoisotopic (exact) mass is 264 g/mol. The second-order valence-corrected chi connectivity index (χ2v) is 5.86. The zero-order chi connectivity index (χ0) is 13.9. The lowest BCUT2D eigenvalue weighted by atomic mass is 9.88. The lowest BCUT2D eigenvalue weighted by Crippen LogP contribution is -2.63. The molecule has 1 aliphatic rings. The summed E-state index contributed by atoms with van der Waals surface area (Å²) in [5.41, 5.74) is 1.62. The largest absolute Gasteiger partial charge is 0.308 e. The quantitative estimate of drug-likeness (QED) is 0.885. The molecule has 4 nitrogen and oxygen atoms in total. The van der Waals surface area contributed by atoms with E-state index in [4.69, 9.17) is 0 Å². The van der Waals surface area contributed by atoms with E-state index < -0.39 is 0 Å². The summed E-state index contributed by atoms with van der Waals surface area (Å²) >= 11 is 0. The van der Waals surface area contributed by atoms with Crippen LogP contribution < -0.4 is 5.32 Å².